The van der Waals surface area contributed by atoms with Crippen molar-refractivity contribution >= 4 is 34.6 Å². The van der Waals surface area contributed by atoms with Crippen molar-refractivity contribution in [1.82, 2.24) is 9.88 Å². The van der Waals surface area contributed by atoms with Gasteiger partial charge in [-0.2, -0.15) is 0 Å². The molecule has 4 fully saturated rings. The van der Waals surface area contributed by atoms with Gasteiger partial charge in [-0.3, -0.25) is 19.4 Å². The lowest BCUT2D eigenvalue weighted by molar-refractivity contribution is -0.320. The molecular weight excluding hydrogens is 887 g/mol. The average Bonchev–Trinajstić information content (AvgIpc) is 3.62. The van der Waals surface area contributed by atoms with Crippen LogP contribution in [-0.4, -0.2) is 150 Å². The highest BCUT2D eigenvalue weighted by Gasteiger charge is 2.57. The van der Waals surface area contributed by atoms with Gasteiger partial charge in [-0.1, -0.05) is 46.4 Å². The van der Waals surface area contributed by atoms with Crippen molar-refractivity contribution in [2.75, 3.05) is 34.4 Å². The van der Waals surface area contributed by atoms with Crippen molar-refractivity contribution in [3.05, 3.63) is 59.8 Å². The summed E-state index contributed by atoms with van der Waals surface area (Å²) in [6, 6.07) is 6.66. The Morgan fingerprint density at radius 1 is 1.00 bits per heavy atom. The van der Waals surface area contributed by atoms with Gasteiger partial charge >= 0.3 is 5.97 Å². The average molecular weight is 966 g/mol. The number of hydrogen-bond acceptors (Lipinski definition) is 15. The minimum atomic E-state index is -1.35. The topological polar surface area (TPSA) is 208 Å². The lowest BCUT2D eigenvalue weighted by Gasteiger charge is -2.50. The normalized spacial score (nSPS) is 40.8. The predicted octanol–water partition coefficient (Wildman–Crippen LogP) is 6.02. The van der Waals surface area contributed by atoms with E-state index in [1.54, 1.807) is 45.2 Å². The number of primary amides is 1. The first-order valence-corrected chi connectivity index (χ1v) is 24.6. The van der Waals surface area contributed by atoms with Gasteiger partial charge in [-0.05, 0) is 110 Å². The van der Waals surface area contributed by atoms with Crippen LogP contribution in [-0.2, 0) is 47.5 Å². The second-order valence-electron chi connectivity index (χ2n) is 21.1. The van der Waals surface area contributed by atoms with E-state index in [2.05, 4.69) is 11.6 Å². The third-order valence-corrected chi connectivity index (χ3v) is 15.7. The van der Waals surface area contributed by atoms with Crippen molar-refractivity contribution in [1.29, 1.82) is 0 Å². The van der Waals surface area contributed by atoms with E-state index in [1.165, 1.54) is 7.11 Å². The summed E-state index contributed by atoms with van der Waals surface area (Å²) < 4.78 is 52.8. The number of amides is 1. The van der Waals surface area contributed by atoms with Crippen molar-refractivity contribution in [2.45, 2.75) is 173 Å². The lowest BCUT2D eigenvalue weighted by atomic mass is 9.69. The molecule has 16 heteroatoms. The number of benzene rings is 1. The minimum absolute atomic E-state index is 0.0314. The summed E-state index contributed by atoms with van der Waals surface area (Å²) in [6.07, 6.45) is -1.34. The number of methoxy groups -OCH3 is 1. The number of Topliss-reactive ketones (excluding diaryl/α,β-unsaturated/α-hetero) is 1. The number of nitrogens with zero attached hydrogens (tertiary/aromatic N) is 2. The first-order chi connectivity index (χ1) is 32.4. The molecule has 3 unspecified atom stereocenters. The second kappa shape index (κ2) is 22.0. The Balaban J connectivity index is 1.48. The van der Waals surface area contributed by atoms with Crippen LogP contribution in [0.3, 0.4) is 0 Å². The Hall–Kier alpha value is -3.68. The molecule has 384 valence electrons. The molecule has 18 atom stereocenters. The molecule has 0 saturated carbocycles. The van der Waals surface area contributed by atoms with Crippen molar-refractivity contribution in [2.24, 2.45) is 35.3 Å². The third kappa shape index (κ3) is 11.5. The summed E-state index contributed by atoms with van der Waals surface area (Å²) in [5, 5.41) is 23.9. The third-order valence-electron chi connectivity index (χ3n) is 15.7. The van der Waals surface area contributed by atoms with Crippen LogP contribution in [0.25, 0.3) is 17.0 Å². The number of aliphatic hydroxyl groups excluding tert-OH is 2. The molecule has 0 radical (unpaired) electrons. The number of hydrogen-bond donors (Lipinski definition) is 3. The number of rotatable bonds is 12. The number of cyclic esters (lactones) is 1. The molecular formula is C53H79N3O13. The molecule has 1 aromatic heterocycles. The number of fused-ring (bicyclic) bond motifs is 2. The lowest BCUT2D eigenvalue weighted by Crippen LogP contribution is -2.61. The number of aliphatic hydroxyl groups is 2. The largest absolute Gasteiger partial charge is 0.459 e. The number of nitrogens with two attached hydrogens (primary N) is 1. The molecule has 0 bridgehead atoms. The number of carbonyl (C=O) groups excluding carboxylic acids is 3. The van der Waals surface area contributed by atoms with Gasteiger partial charge in [0.15, 0.2) is 12.6 Å². The first kappa shape index (κ1) is 54.6. The van der Waals surface area contributed by atoms with E-state index in [4.69, 9.17) is 43.6 Å². The molecule has 6 rings (SSSR count). The van der Waals surface area contributed by atoms with Crippen molar-refractivity contribution in [3.8, 4) is 0 Å². The Morgan fingerprint density at radius 2 is 1.71 bits per heavy atom. The molecule has 0 aliphatic carbocycles. The summed E-state index contributed by atoms with van der Waals surface area (Å²) in [5.41, 5.74) is 4.66. The number of aromatic nitrogens is 1. The van der Waals surface area contributed by atoms with Crippen LogP contribution < -0.4 is 5.73 Å². The zero-order valence-corrected chi connectivity index (χ0v) is 43.0. The summed E-state index contributed by atoms with van der Waals surface area (Å²) in [7, 11) is 5.32. The Morgan fingerprint density at radius 3 is 2.36 bits per heavy atom. The van der Waals surface area contributed by atoms with Crippen molar-refractivity contribution < 1.29 is 62.5 Å². The van der Waals surface area contributed by atoms with Crippen LogP contribution >= 0.6 is 0 Å². The van der Waals surface area contributed by atoms with Crippen molar-refractivity contribution in [3.63, 3.8) is 0 Å². The van der Waals surface area contributed by atoms with E-state index in [9.17, 15) is 19.8 Å². The molecule has 4 saturated heterocycles. The van der Waals surface area contributed by atoms with Gasteiger partial charge in [-0.25, -0.2) is 0 Å². The van der Waals surface area contributed by atoms with E-state index in [0.29, 0.717) is 23.9 Å². The van der Waals surface area contributed by atoms with E-state index in [0.717, 1.165) is 16.5 Å². The number of likely N-dealkylation sites (N-methyl/N-ethyl adjacent to an activating group) is 1. The van der Waals surface area contributed by atoms with Gasteiger partial charge in [0, 0.05) is 60.4 Å². The van der Waals surface area contributed by atoms with Crippen LogP contribution in [0.2, 0.25) is 0 Å². The Kier molecular flexibility index (Phi) is 17.4. The van der Waals surface area contributed by atoms with Gasteiger partial charge in [0.2, 0.25) is 5.91 Å². The molecule has 2 aromatic rings. The molecule has 16 nitrogen and oxygen atoms in total. The first-order valence-electron chi connectivity index (χ1n) is 24.6. The Bertz CT molecular complexity index is 2190. The SMILES string of the molecule is C=C1CO[C@]2(C)[C@@H](CC)OC(=O)[C@H](C)[C@@H](O[C@H]3C[C@@](C)(OC)C(O)[C@H](C)O3)[C@H](C)[C@@H](O[C@@H]3O[C@H](C)C[C@H](N(C)C)[C@H]3O)[C@](C)(OC/C=C/c3cnc4ccc(C(N)=O)cc4c3)CC(C)C(=O)C(C)[C@H]12. The number of pyridine rings is 1. The minimum Gasteiger partial charge on any atom is -0.459 e. The van der Waals surface area contributed by atoms with Crippen LogP contribution in [0.1, 0.15) is 111 Å². The van der Waals surface area contributed by atoms with Crippen LogP contribution in [0, 0.1) is 29.6 Å². The van der Waals surface area contributed by atoms with Gasteiger partial charge in [-0.15, -0.1) is 0 Å². The summed E-state index contributed by atoms with van der Waals surface area (Å²) in [6.45, 7) is 23.2. The van der Waals surface area contributed by atoms with Gasteiger partial charge < -0.3 is 58.7 Å². The molecule has 0 spiro atoms. The zero-order chi connectivity index (χ0) is 50.9. The quantitative estimate of drug-likeness (QED) is 0.164. The maximum atomic E-state index is 15.0. The summed E-state index contributed by atoms with van der Waals surface area (Å²) >= 11 is 0. The van der Waals surface area contributed by atoms with E-state index < -0.39 is 107 Å². The molecule has 69 heavy (non-hydrogen) atoms. The summed E-state index contributed by atoms with van der Waals surface area (Å²) in [5.74, 6) is -4.55. The highest BCUT2D eigenvalue weighted by Crippen LogP contribution is 2.47. The fourth-order valence-corrected chi connectivity index (χ4v) is 11.6. The highest BCUT2D eigenvalue weighted by molar-refractivity contribution is 5.97. The molecule has 1 amide bonds. The number of ether oxygens (including phenoxy) is 8. The maximum Gasteiger partial charge on any atom is 0.311 e. The standard InChI is InChI=1S/C53H79N3O13/c1-15-40-53(11)42(29(3)27-64-53)31(5)43(57)28(2)24-52(10,63-20-16-17-35-22-37-23-36(48(54)60)18-19-38(37)55-26-35)47(69-50-44(58)39(56(12)13)21-30(4)65-50)32(6)45(33(7)49(61)67-40)68-41-25-51(9,62-14)46(59)34(8)66-41/h16-19,22-23,26,28,30-34,39-42,44-47,50,58-59H,3,15,20-21,24-25,27H2,1-2,4-14H3,(H2,54,60)/b17-16+/t28?,30-,31?,32+,33-,34+,39+,40-,41+,42+,44-,45+,46?,47-,50+,51-,52-,53-/m1/s1. The van der Waals surface area contributed by atoms with Gasteiger partial charge in [0.05, 0.1) is 60.3 Å². The van der Waals surface area contributed by atoms with Gasteiger partial charge in [0.1, 0.15) is 29.7 Å². The molecule has 4 aliphatic rings. The van der Waals surface area contributed by atoms with E-state index in [1.807, 2.05) is 85.7 Å². The van der Waals surface area contributed by atoms with E-state index >= 15 is 4.79 Å². The molecule has 1 aromatic carbocycles. The molecule has 5 heterocycles. The molecule has 4 aliphatic heterocycles. The number of esters is 1. The van der Waals surface area contributed by atoms with Crippen LogP contribution in [0.15, 0.2) is 48.7 Å². The van der Waals surface area contributed by atoms with Crippen LogP contribution in [0.4, 0.5) is 0 Å². The summed E-state index contributed by atoms with van der Waals surface area (Å²) in [4.78, 5) is 48.4. The predicted molar refractivity (Wildman–Crippen MR) is 260 cm³/mol. The fourth-order valence-electron chi connectivity index (χ4n) is 11.6. The molecule has 4 N–H and O–H groups in total. The number of ketones is 1. The zero-order valence-electron chi connectivity index (χ0n) is 43.0. The fraction of sp³-hybridized carbons (Fsp3) is 0.698. The maximum absolute atomic E-state index is 15.0. The van der Waals surface area contributed by atoms with Gasteiger partial charge in [0.25, 0.3) is 0 Å². The van der Waals surface area contributed by atoms with E-state index in [-0.39, 0.29) is 44.0 Å². The Labute approximate surface area is 408 Å². The number of carbonyl (C=O) groups is 3. The smallest absolute Gasteiger partial charge is 0.311 e. The monoisotopic (exact) mass is 966 g/mol. The van der Waals surface area contributed by atoms with Crippen LogP contribution in [0.5, 0.6) is 0 Å². The second-order valence-corrected chi connectivity index (χ2v) is 21.1. The highest BCUT2D eigenvalue weighted by atomic mass is 16.7.